The maximum atomic E-state index is 12.2. The summed E-state index contributed by atoms with van der Waals surface area (Å²) < 4.78 is 13.2. The first-order valence-corrected chi connectivity index (χ1v) is 9.64. The lowest BCUT2D eigenvalue weighted by molar-refractivity contribution is -0.113. The van der Waals surface area contributed by atoms with Crippen LogP contribution in [0, 0.1) is 0 Å². The molecule has 0 aliphatic carbocycles. The molecular weight excluding hydrogens is 420 g/mol. The third-order valence-corrected chi connectivity index (χ3v) is 4.91. The first kappa shape index (κ1) is 18.5. The number of halogens is 1. The number of carbonyl (C=O) groups is 1. The Labute approximate surface area is 163 Å². The molecular formula is C17H17BrN4O3S. The number of methoxy groups -OCH3 is 1. The smallest absolute Gasteiger partial charge is 0.234 e. The van der Waals surface area contributed by atoms with Crippen molar-refractivity contribution in [2.24, 2.45) is 0 Å². The lowest BCUT2D eigenvalue weighted by Crippen LogP contribution is -2.14. The van der Waals surface area contributed by atoms with Gasteiger partial charge in [0.25, 0.3) is 0 Å². The van der Waals surface area contributed by atoms with E-state index >= 15 is 0 Å². The van der Waals surface area contributed by atoms with Gasteiger partial charge in [-0.3, -0.25) is 9.36 Å². The van der Waals surface area contributed by atoms with E-state index in [9.17, 15) is 4.79 Å². The highest BCUT2D eigenvalue weighted by Crippen LogP contribution is 2.27. The number of anilines is 1. The minimum atomic E-state index is -0.129. The zero-order valence-electron chi connectivity index (χ0n) is 14.2. The molecule has 1 amide bonds. The normalized spacial score (nSPS) is 10.7. The van der Waals surface area contributed by atoms with E-state index in [1.165, 1.54) is 11.8 Å². The molecule has 0 radical (unpaired) electrons. The molecule has 0 aliphatic heterocycles. The fraction of sp³-hybridized carbons (Fsp3) is 0.235. The van der Waals surface area contributed by atoms with Crippen molar-refractivity contribution < 1.29 is 13.9 Å². The van der Waals surface area contributed by atoms with Crippen molar-refractivity contribution in [1.82, 2.24) is 14.8 Å². The van der Waals surface area contributed by atoms with Gasteiger partial charge in [-0.1, -0.05) is 17.8 Å². The van der Waals surface area contributed by atoms with E-state index in [0.29, 0.717) is 39.4 Å². The van der Waals surface area contributed by atoms with Crippen LogP contribution in [0.4, 0.5) is 5.69 Å². The van der Waals surface area contributed by atoms with Crippen molar-refractivity contribution >= 4 is 39.3 Å². The largest absolute Gasteiger partial charge is 0.497 e. The number of ether oxygens (including phenoxy) is 1. The third kappa shape index (κ3) is 4.28. The number of hydrogen-bond acceptors (Lipinski definition) is 6. The summed E-state index contributed by atoms with van der Waals surface area (Å²) in [7, 11) is 1.59. The van der Waals surface area contributed by atoms with Gasteiger partial charge < -0.3 is 14.5 Å². The summed E-state index contributed by atoms with van der Waals surface area (Å²) in [5, 5.41) is 11.9. The molecule has 1 N–H and O–H groups in total. The Balaban J connectivity index is 1.65. The van der Waals surface area contributed by atoms with Crippen LogP contribution in [0.5, 0.6) is 5.75 Å². The van der Waals surface area contributed by atoms with Crippen molar-refractivity contribution in [2.45, 2.75) is 18.6 Å². The van der Waals surface area contributed by atoms with E-state index < -0.39 is 0 Å². The van der Waals surface area contributed by atoms with Crippen molar-refractivity contribution in [3.63, 3.8) is 0 Å². The van der Waals surface area contributed by atoms with Gasteiger partial charge in [-0.15, -0.1) is 10.2 Å². The zero-order chi connectivity index (χ0) is 18.5. The lowest BCUT2D eigenvalue weighted by Gasteiger charge is -2.08. The number of nitrogens with zero attached hydrogens (tertiary/aromatic N) is 3. The Morgan fingerprint density at radius 3 is 2.88 bits per heavy atom. The summed E-state index contributed by atoms with van der Waals surface area (Å²) >= 11 is 4.61. The third-order valence-electron chi connectivity index (χ3n) is 3.51. The molecule has 9 heteroatoms. The minimum absolute atomic E-state index is 0.129. The Morgan fingerprint density at radius 2 is 2.19 bits per heavy atom. The van der Waals surface area contributed by atoms with Crippen LogP contribution in [0.25, 0.3) is 11.6 Å². The standard InChI is InChI=1S/C17H17BrN4O3S/c1-3-22-16(13-7-8-14(18)25-13)20-21-17(22)26-10-15(23)19-11-5-4-6-12(9-11)24-2/h4-9H,3,10H2,1-2H3,(H,19,23). The molecule has 0 aliphatic rings. The van der Waals surface area contributed by atoms with E-state index in [0.717, 1.165) is 0 Å². The fourth-order valence-corrected chi connectivity index (χ4v) is 3.43. The van der Waals surface area contributed by atoms with Gasteiger partial charge in [-0.2, -0.15) is 0 Å². The van der Waals surface area contributed by atoms with Gasteiger partial charge in [0.1, 0.15) is 5.75 Å². The molecule has 7 nitrogen and oxygen atoms in total. The van der Waals surface area contributed by atoms with E-state index in [2.05, 4.69) is 31.4 Å². The topological polar surface area (TPSA) is 82.2 Å². The van der Waals surface area contributed by atoms with Gasteiger partial charge in [-0.25, -0.2) is 0 Å². The summed E-state index contributed by atoms with van der Waals surface area (Å²) in [4.78, 5) is 12.2. The molecule has 0 saturated carbocycles. The van der Waals surface area contributed by atoms with Crippen LogP contribution in [-0.2, 0) is 11.3 Å². The Hall–Kier alpha value is -2.26. The van der Waals surface area contributed by atoms with Crippen molar-refractivity contribution in [2.75, 3.05) is 18.2 Å². The van der Waals surface area contributed by atoms with Gasteiger partial charge in [0, 0.05) is 18.3 Å². The van der Waals surface area contributed by atoms with E-state index in [1.807, 2.05) is 35.8 Å². The number of benzene rings is 1. The highest BCUT2D eigenvalue weighted by molar-refractivity contribution is 9.10. The molecule has 1 aromatic carbocycles. The van der Waals surface area contributed by atoms with Crippen LogP contribution in [-0.4, -0.2) is 33.5 Å². The number of carbonyl (C=O) groups excluding carboxylic acids is 1. The quantitative estimate of drug-likeness (QED) is 0.562. The summed E-state index contributed by atoms with van der Waals surface area (Å²) in [5.41, 5.74) is 0.688. The molecule has 0 unspecified atom stereocenters. The van der Waals surface area contributed by atoms with Gasteiger partial charge >= 0.3 is 0 Å². The van der Waals surface area contributed by atoms with E-state index in [1.54, 1.807) is 19.2 Å². The fourth-order valence-electron chi connectivity index (χ4n) is 2.33. The predicted octanol–water partition coefficient (Wildman–Crippen LogP) is 4.06. The number of amides is 1. The van der Waals surface area contributed by atoms with Crippen LogP contribution in [0.3, 0.4) is 0 Å². The van der Waals surface area contributed by atoms with Gasteiger partial charge in [0.2, 0.25) is 11.7 Å². The van der Waals surface area contributed by atoms with Crippen LogP contribution < -0.4 is 10.1 Å². The summed E-state index contributed by atoms with van der Waals surface area (Å²) in [5.74, 6) is 2.04. The molecule has 0 saturated heterocycles. The Kier molecular flexibility index (Phi) is 6.00. The van der Waals surface area contributed by atoms with Gasteiger partial charge in [0.05, 0.1) is 12.9 Å². The number of thioether (sulfide) groups is 1. The average Bonchev–Trinajstić information content (AvgIpc) is 3.25. The molecule has 3 rings (SSSR count). The SMILES string of the molecule is CCn1c(SCC(=O)Nc2cccc(OC)c2)nnc1-c1ccc(Br)o1. The Morgan fingerprint density at radius 1 is 1.35 bits per heavy atom. The van der Waals surface area contributed by atoms with Gasteiger partial charge in [0.15, 0.2) is 15.6 Å². The molecule has 3 aromatic rings. The lowest BCUT2D eigenvalue weighted by atomic mass is 10.3. The molecule has 0 bridgehead atoms. The van der Waals surface area contributed by atoms with E-state index in [4.69, 9.17) is 9.15 Å². The summed E-state index contributed by atoms with van der Waals surface area (Å²) in [6.45, 7) is 2.66. The molecule has 2 heterocycles. The molecule has 26 heavy (non-hydrogen) atoms. The molecule has 2 aromatic heterocycles. The second-order valence-electron chi connectivity index (χ2n) is 5.22. The maximum absolute atomic E-state index is 12.2. The van der Waals surface area contributed by atoms with Gasteiger partial charge in [-0.05, 0) is 47.1 Å². The van der Waals surface area contributed by atoms with Crippen molar-refractivity contribution in [1.29, 1.82) is 0 Å². The monoisotopic (exact) mass is 436 g/mol. The second kappa shape index (κ2) is 8.41. The summed E-state index contributed by atoms with van der Waals surface area (Å²) in [6, 6.07) is 10.9. The number of aromatic nitrogens is 3. The van der Waals surface area contributed by atoms with Crippen LogP contribution in [0.1, 0.15) is 6.92 Å². The van der Waals surface area contributed by atoms with Crippen LogP contribution in [0.2, 0.25) is 0 Å². The second-order valence-corrected chi connectivity index (χ2v) is 6.95. The minimum Gasteiger partial charge on any atom is -0.497 e. The molecule has 136 valence electrons. The van der Waals surface area contributed by atoms with E-state index in [-0.39, 0.29) is 11.7 Å². The Bertz CT molecular complexity index is 909. The number of hydrogen-bond donors (Lipinski definition) is 1. The number of nitrogens with one attached hydrogen (secondary N) is 1. The molecule has 0 spiro atoms. The zero-order valence-corrected chi connectivity index (χ0v) is 16.6. The first-order valence-electron chi connectivity index (χ1n) is 7.86. The van der Waals surface area contributed by atoms with Crippen molar-refractivity contribution in [3.05, 3.63) is 41.1 Å². The molecule has 0 fully saturated rings. The highest BCUT2D eigenvalue weighted by atomic mass is 79.9. The van der Waals surface area contributed by atoms with Crippen LogP contribution >= 0.6 is 27.7 Å². The number of rotatable bonds is 7. The summed E-state index contributed by atoms with van der Waals surface area (Å²) in [6.07, 6.45) is 0. The number of furan rings is 1. The van der Waals surface area contributed by atoms with Crippen LogP contribution in [0.15, 0.2) is 50.6 Å². The molecule has 0 atom stereocenters. The highest BCUT2D eigenvalue weighted by Gasteiger charge is 2.17. The predicted molar refractivity (Wildman–Crippen MR) is 103 cm³/mol. The average molecular weight is 437 g/mol. The first-order chi connectivity index (χ1) is 12.6. The maximum Gasteiger partial charge on any atom is 0.234 e. The van der Waals surface area contributed by atoms with Crippen molar-refractivity contribution in [3.8, 4) is 17.3 Å².